The highest BCUT2D eigenvalue weighted by atomic mass is 35.5. The average molecular weight is 868 g/mol. The molecule has 0 aliphatic carbocycles. The molecular formula is C39H52ClN12O9-. The van der Waals surface area contributed by atoms with Gasteiger partial charge in [-0.25, -0.2) is 9.67 Å². The van der Waals surface area contributed by atoms with E-state index in [-0.39, 0.29) is 62.4 Å². The van der Waals surface area contributed by atoms with Crippen molar-refractivity contribution in [3.8, 4) is 0 Å². The van der Waals surface area contributed by atoms with E-state index in [4.69, 9.17) is 42.0 Å². The van der Waals surface area contributed by atoms with E-state index in [0.29, 0.717) is 80.0 Å². The molecule has 0 unspecified atom stereocenters. The molecule has 4 aromatic rings. The third-order valence-electron chi connectivity index (χ3n) is 8.62. The molecule has 2 aromatic carbocycles. The largest absolute Gasteiger partial charge is 0.548 e. The average Bonchev–Trinajstić information content (AvgIpc) is 3.71. The highest BCUT2D eigenvalue weighted by molar-refractivity contribution is 6.17. The zero-order valence-corrected chi connectivity index (χ0v) is 34.5. The zero-order chi connectivity index (χ0) is 43.7. The molecule has 0 bridgehead atoms. The van der Waals surface area contributed by atoms with E-state index in [1.54, 1.807) is 29.1 Å². The number of hydrogen-bond acceptors (Lipinski definition) is 17. The van der Waals surface area contributed by atoms with E-state index < -0.39 is 23.8 Å². The molecule has 7 N–H and O–H groups in total. The fourth-order valence-corrected chi connectivity index (χ4v) is 5.61. The normalized spacial score (nSPS) is 11.8. The van der Waals surface area contributed by atoms with Crippen molar-refractivity contribution in [3.05, 3.63) is 59.9 Å². The number of hydrogen-bond donors (Lipinski definition) is 5. The van der Waals surface area contributed by atoms with Gasteiger partial charge in [0.05, 0.1) is 87.8 Å². The van der Waals surface area contributed by atoms with E-state index in [9.17, 15) is 24.3 Å². The summed E-state index contributed by atoms with van der Waals surface area (Å²) in [6.45, 7) is 3.59. The minimum Gasteiger partial charge on any atom is -0.548 e. The molecule has 21 nitrogen and oxygen atoms in total. The van der Waals surface area contributed by atoms with E-state index in [1.807, 2.05) is 0 Å². The van der Waals surface area contributed by atoms with Crippen molar-refractivity contribution in [1.82, 2.24) is 40.9 Å². The summed E-state index contributed by atoms with van der Waals surface area (Å²) in [5, 5.41) is 36.5. The van der Waals surface area contributed by atoms with Crippen LogP contribution in [0.25, 0.3) is 10.9 Å². The number of carbonyl (C=O) groups is 4. The fraction of sp³-hybridized carbons (Fsp3) is 0.487. The Kier molecular flexibility index (Phi) is 21.2. The van der Waals surface area contributed by atoms with Crippen LogP contribution in [0.1, 0.15) is 54.6 Å². The first-order valence-corrected chi connectivity index (χ1v) is 20.3. The molecule has 330 valence electrons. The van der Waals surface area contributed by atoms with Crippen molar-refractivity contribution in [1.29, 1.82) is 0 Å². The first-order chi connectivity index (χ1) is 29.6. The number of nitrogens with one attached hydrogen (secondary N) is 3. The summed E-state index contributed by atoms with van der Waals surface area (Å²) in [6.07, 6.45) is 5.49. The van der Waals surface area contributed by atoms with Gasteiger partial charge >= 0.3 is 0 Å². The highest BCUT2D eigenvalue weighted by Crippen LogP contribution is 2.26. The van der Waals surface area contributed by atoms with Gasteiger partial charge < -0.3 is 56.3 Å². The second-order valence-electron chi connectivity index (χ2n) is 13.4. The number of azo groups is 1. The van der Waals surface area contributed by atoms with E-state index in [2.05, 4.69) is 46.5 Å². The second-order valence-corrected chi connectivity index (χ2v) is 13.8. The molecule has 0 saturated carbocycles. The number of aliphatic carboxylic acids is 1. The summed E-state index contributed by atoms with van der Waals surface area (Å²) < 4.78 is 23.4. The van der Waals surface area contributed by atoms with Crippen LogP contribution in [0.4, 0.5) is 23.1 Å². The molecule has 0 aliphatic heterocycles. The first-order valence-electron chi connectivity index (χ1n) is 19.8. The first kappa shape index (κ1) is 47.8. The number of carboxylic acid groups (broad SMARTS) is 1. The Hall–Kier alpha value is -5.87. The minimum atomic E-state index is -1.53. The van der Waals surface area contributed by atoms with Crippen LogP contribution in [0.2, 0.25) is 0 Å². The predicted octanol–water partition coefficient (Wildman–Crippen LogP) is 1.73. The number of carboxylic acids is 1. The number of rotatable bonds is 30. The molecule has 0 aliphatic rings. The van der Waals surface area contributed by atoms with E-state index >= 15 is 0 Å². The molecule has 3 amide bonds. The van der Waals surface area contributed by atoms with Gasteiger partial charge in [0, 0.05) is 36.4 Å². The maximum atomic E-state index is 12.8. The lowest BCUT2D eigenvalue weighted by atomic mass is 10.1. The Balaban J connectivity index is 1.03. The van der Waals surface area contributed by atoms with Crippen molar-refractivity contribution < 1.29 is 43.2 Å². The number of unbranched alkanes of at least 4 members (excludes halogenated alkanes) is 3. The monoisotopic (exact) mass is 867 g/mol. The molecule has 0 radical (unpaired) electrons. The number of anilines is 2. The molecule has 1 atom stereocenters. The summed E-state index contributed by atoms with van der Waals surface area (Å²) in [7, 11) is 0. The third-order valence-corrected chi connectivity index (χ3v) is 8.89. The maximum absolute atomic E-state index is 12.8. The van der Waals surface area contributed by atoms with Gasteiger partial charge in [-0.2, -0.15) is 15.2 Å². The topological polar surface area (TPSA) is 298 Å². The molecule has 0 saturated heterocycles. The van der Waals surface area contributed by atoms with Gasteiger partial charge in [0.25, 0.3) is 5.91 Å². The number of benzene rings is 2. The number of nitrogen functional groups attached to an aromatic ring is 2. The van der Waals surface area contributed by atoms with Crippen molar-refractivity contribution in [2.45, 2.75) is 57.7 Å². The van der Waals surface area contributed by atoms with E-state index in [1.165, 1.54) is 24.3 Å². The summed E-state index contributed by atoms with van der Waals surface area (Å²) in [6, 6.07) is 9.61. The quantitative estimate of drug-likeness (QED) is 0.0283. The summed E-state index contributed by atoms with van der Waals surface area (Å²) in [5.41, 5.74) is 13.7. The maximum Gasteiger partial charge on any atom is 0.251 e. The van der Waals surface area contributed by atoms with Crippen LogP contribution >= 0.6 is 11.6 Å². The molecule has 22 heteroatoms. The SMILES string of the molecule is Nc1nc(N)c2cc(N=Nc3ccc(C(=O)N[C@@H](CCC(=O)NCc4cn(CCOCCOCC(=O)NCCOCCOCCCCCCCl)nn4)C(=O)[O-])cc3)ccc2n1. The molecule has 0 fully saturated rings. The molecule has 2 heterocycles. The fourth-order valence-electron chi connectivity index (χ4n) is 5.42. The predicted molar refractivity (Wildman–Crippen MR) is 222 cm³/mol. The molecule has 2 aromatic heterocycles. The second kappa shape index (κ2) is 27.1. The number of ether oxygens (including phenoxy) is 4. The summed E-state index contributed by atoms with van der Waals surface area (Å²) in [4.78, 5) is 57.0. The van der Waals surface area contributed by atoms with Gasteiger partial charge in [0.2, 0.25) is 17.8 Å². The molecule has 4 rings (SSSR count). The summed E-state index contributed by atoms with van der Waals surface area (Å²) >= 11 is 5.65. The van der Waals surface area contributed by atoms with E-state index in [0.717, 1.165) is 25.7 Å². The standard InChI is InChI=1S/C39H53ClN12O9/c40-13-3-1-2-4-16-58-19-20-59-17-14-43-35(54)26-61-22-21-60-18-15-52-25-30(50-51-52)24-44-34(53)12-11-33(38(56)57)45-37(55)27-5-7-28(8-6-27)48-49-29-9-10-32-31(23-29)36(41)47-39(42)46-32/h5-10,23,25,33H,1-4,11-22,24,26H2,(H,43,54)(H,44,53)(H,45,55)(H,56,57)(H4,41,42,46,47)/p-1/t33-/m0/s1. The van der Waals surface area contributed by atoms with Crippen LogP contribution in [0.5, 0.6) is 0 Å². The van der Waals surface area contributed by atoms with Crippen molar-refractivity contribution >= 4 is 69.3 Å². The number of nitrogens with zero attached hydrogens (tertiary/aromatic N) is 7. The summed E-state index contributed by atoms with van der Waals surface area (Å²) in [5.74, 6) is -1.94. The van der Waals surface area contributed by atoms with Crippen molar-refractivity contribution in [2.75, 3.05) is 76.7 Å². The third kappa shape index (κ3) is 18.5. The lowest BCUT2D eigenvalue weighted by molar-refractivity contribution is -0.308. The molecule has 61 heavy (non-hydrogen) atoms. The Morgan fingerprint density at radius 3 is 2.28 bits per heavy atom. The number of halogens is 1. The Morgan fingerprint density at radius 1 is 0.803 bits per heavy atom. The number of carbonyl (C=O) groups excluding carboxylic acids is 4. The smallest absolute Gasteiger partial charge is 0.251 e. The van der Waals surface area contributed by atoms with Gasteiger partial charge in [0.1, 0.15) is 18.1 Å². The van der Waals surface area contributed by atoms with Crippen LogP contribution in [0, 0.1) is 0 Å². The lowest BCUT2D eigenvalue weighted by Gasteiger charge is -2.19. The number of nitrogens with two attached hydrogens (primary N) is 2. The van der Waals surface area contributed by atoms with Gasteiger partial charge in [-0.1, -0.05) is 18.1 Å². The Bertz CT molecular complexity index is 2020. The van der Waals surface area contributed by atoms with Gasteiger partial charge in [-0.3, -0.25) is 14.4 Å². The van der Waals surface area contributed by atoms with Crippen LogP contribution in [0.3, 0.4) is 0 Å². The Labute approximate surface area is 357 Å². The van der Waals surface area contributed by atoms with Gasteiger partial charge in [-0.15, -0.1) is 16.7 Å². The number of fused-ring (bicyclic) bond motifs is 1. The Morgan fingerprint density at radius 2 is 1.51 bits per heavy atom. The van der Waals surface area contributed by atoms with Crippen LogP contribution in [0.15, 0.2) is 58.9 Å². The van der Waals surface area contributed by atoms with Crippen LogP contribution < -0.4 is 32.5 Å². The molecular weight excluding hydrogens is 816 g/mol. The zero-order valence-electron chi connectivity index (χ0n) is 33.8. The number of amides is 3. The number of aromatic nitrogens is 5. The highest BCUT2D eigenvalue weighted by Gasteiger charge is 2.17. The number of alkyl halides is 1. The van der Waals surface area contributed by atoms with Crippen LogP contribution in [-0.4, -0.2) is 120 Å². The van der Waals surface area contributed by atoms with Gasteiger partial charge in [0.15, 0.2) is 0 Å². The lowest BCUT2D eigenvalue weighted by Crippen LogP contribution is -2.48. The van der Waals surface area contributed by atoms with Crippen LogP contribution in [-0.2, 0) is 46.4 Å². The van der Waals surface area contributed by atoms with Crippen molar-refractivity contribution in [3.63, 3.8) is 0 Å². The van der Waals surface area contributed by atoms with Gasteiger partial charge in [-0.05, 0) is 61.7 Å². The minimum absolute atomic E-state index is 0.0523. The molecule has 0 spiro atoms. The van der Waals surface area contributed by atoms with Crippen molar-refractivity contribution in [2.24, 2.45) is 10.2 Å².